The van der Waals surface area contributed by atoms with Crippen LogP contribution in [0.2, 0.25) is 0 Å². The van der Waals surface area contributed by atoms with E-state index < -0.39 is 11.6 Å². The summed E-state index contributed by atoms with van der Waals surface area (Å²) in [5.74, 6) is 4.86. The third-order valence-corrected chi connectivity index (χ3v) is 7.20. The number of carboxylic acids is 1. The van der Waals surface area contributed by atoms with Gasteiger partial charge in [-0.1, -0.05) is 24.3 Å². The van der Waals surface area contributed by atoms with Crippen molar-refractivity contribution in [2.45, 2.75) is 83.8 Å². The molecule has 2 aliphatic rings. The highest BCUT2D eigenvalue weighted by Crippen LogP contribution is 2.36. The predicted molar refractivity (Wildman–Crippen MR) is 126 cm³/mol. The summed E-state index contributed by atoms with van der Waals surface area (Å²) in [5.41, 5.74) is 0.177. The second-order valence-electron chi connectivity index (χ2n) is 9.62. The van der Waals surface area contributed by atoms with E-state index in [9.17, 15) is 24.9 Å². The zero-order valence-corrected chi connectivity index (χ0v) is 19.9. The highest BCUT2D eigenvalue weighted by Gasteiger charge is 2.32. The fraction of sp³-hybridized carbons (Fsp3) is 0.600. The molecule has 0 unspecified atom stereocenters. The summed E-state index contributed by atoms with van der Waals surface area (Å²) in [6.07, 6.45) is 7.72. The van der Waals surface area contributed by atoms with E-state index in [-0.39, 0.29) is 22.8 Å². The molecule has 0 radical (unpaired) electrons. The molecule has 7 heteroatoms. The molecule has 3 N–H and O–H groups in total. The molecule has 3 rings (SSSR count). The number of aliphatic hydroxyl groups is 2. The van der Waals surface area contributed by atoms with Crippen molar-refractivity contribution in [3.8, 4) is 11.8 Å². The van der Waals surface area contributed by atoms with Gasteiger partial charge in [-0.2, -0.15) is 0 Å². The summed E-state index contributed by atoms with van der Waals surface area (Å²) >= 11 is 1.02. The molecule has 1 aromatic heterocycles. The quantitative estimate of drug-likeness (QED) is 0.574. The molecular weight excluding hydrogens is 426 g/mol. The van der Waals surface area contributed by atoms with Crippen LogP contribution in [0.25, 0.3) is 0 Å². The number of carbonyl (C=O) groups excluding carboxylic acids is 1. The first-order valence-corrected chi connectivity index (χ1v) is 12.2. The molecule has 0 saturated heterocycles. The number of aromatic carboxylic acids is 1. The summed E-state index contributed by atoms with van der Waals surface area (Å²) < 4.78 is 0. The summed E-state index contributed by atoms with van der Waals surface area (Å²) in [6, 6.07) is 1.64. The predicted octanol–water partition coefficient (Wildman–Crippen LogP) is 4.55. The second-order valence-corrected chi connectivity index (χ2v) is 10.7. The minimum Gasteiger partial charge on any atom is -0.477 e. The molecule has 2 aliphatic carbocycles. The molecule has 2 saturated carbocycles. The van der Waals surface area contributed by atoms with Gasteiger partial charge in [0, 0.05) is 12.1 Å². The van der Waals surface area contributed by atoms with Crippen LogP contribution in [-0.2, 0) is 4.79 Å². The fourth-order valence-electron chi connectivity index (χ4n) is 4.23. The molecule has 0 atom stereocenters. The number of aliphatic hydroxyl groups excluding tert-OH is 1. The average Bonchev–Trinajstić information content (AvgIpc) is 3.16. The third-order valence-electron chi connectivity index (χ3n) is 6.17. The SMILES string of the molecule is CC1CCC(C(=O)N(C=C2CCC(O)CC2)c2cc(C#CC(C)(C)O)sc2C(=O)O)CC1. The average molecular weight is 460 g/mol. The summed E-state index contributed by atoms with van der Waals surface area (Å²) in [4.78, 5) is 27.7. The lowest BCUT2D eigenvalue weighted by Crippen LogP contribution is -2.35. The number of allylic oxidation sites excluding steroid dienone is 1. The van der Waals surface area contributed by atoms with Crippen LogP contribution in [0.5, 0.6) is 0 Å². The third kappa shape index (κ3) is 6.44. The molecule has 174 valence electrons. The van der Waals surface area contributed by atoms with Gasteiger partial charge in [0.15, 0.2) is 0 Å². The Labute approximate surface area is 193 Å². The lowest BCUT2D eigenvalue weighted by atomic mass is 9.82. The zero-order valence-electron chi connectivity index (χ0n) is 19.1. The molecule has 0 aromatic carbocycles. The number of nitrogens with zero attached hydrogens (tertiary/aromatic N) is 1. The fourth-order valence-corrected chi connectivity index (χ4v) is 5.07. The van der Waals surface area contributed by atoms with E-state index in [1.165, 1.54) is 4.90 Å². The van der Waals surface area contributed by atoms with Crippen molar-refractivity contribution < 1.29 is 24.9 Å². The van der Waals surface area contributed by atoms with Crippen molar-refractivity contribution >= 4 is 28.9 Å². The van der Waals surface area contributed by atoms with Gasteiger partial charge in [0.05, 0.1) is 16.7 Å². The van der Waals surface area contributed by atoms with E-state index in [1.807, 2.05) is 0 Å². The van der Waals surface area contributed by atoms with E-state index in [4.69, 9.17) is 0 Å². The number of rotatable bonds is 4. The maximum atomic E-state index is 13.6. The molecular formula is C25H33NO5S. The Balaban J connectivity index is 2.01. The van der Waals surface area contributed by atoms with E-state index in [0.29, 0.717) is 42.2 Å². The lowest BCUT2D eigenvalue weighted by molar-refractivity contribution is -0.122. The van der Waals surface area contributed by atoms with Crippen LogP contribution >= 0.6 is 11.3 Å². The molecule has 1 heterocycles. The molecule has 2 fully saturated rings. The van der Waals surface area contributed by atoms with Gasteiger partial charge in [0.2, 0.25) is 5.91 Å². The van der Waals surface area contributed by atoms with Crippen LogP contribution in [-0.4, -0.2) is 38.9 Å². The van der Waals surface area contributed by atoms with Crippen LogP contribution in [0.4, 0.5) is 5.69 Å². The Hall–Kier alpha value is -2.14. The van der Waals surface area contributed by atoms with Crippen LogP contribution in [0.1, 0.15) is 86.7 Å². The van der Waals surface area contributed by atoms with Crippen LogP contribution in [0, 0.1) is 23.7 Å². The lowest BCUT2D eigenvalue weighted by Gasteiger charge is -2.30. The first-order chi connectivity index (χ1) is 15.0. The first kappa shape index (κ1) is 24.5. The highest BCUT2D eigenvalue weighted by molar-refractivity contribution is 7.15. The minimum atomic E-state index is -1.20. The van der Waals surface area contributed by atoms with Crippen molar-refractivity contribution in [2.75, 3.05) is 4.90 Å². The monoisotopic (exact) mass is 459 g/mol. The van der Waals surface area contributed by atoms with Gasteiger partial charge in [-0.25, -0.2) is 4.79 Å². The topological polar surface area (TPSA) is 98.1 Å². The summed E-state index contributed by atoms with van der Waals surface area (Å²) in [7, 11) is 0. The van der Waals surface area contributed by atoms with E-state index in [2.05, 4.69) is 18.8 Å². The molecule has 0 aliphatic heterocycles. The molecule has 6 nitrogen and oxygen atoms in total. The standard InChI is InChI=1S/C25H33NO5S/c1-16-4-8-18(9-5-16)23(28)26(15-17-6-10-19(27)11-7-17)21-14-20(12-13-25(2,3)31)32-22(21)24(29)30/h14-16,18-19,27,31H,4-11H2,1-3H3,(H,29,30). The number of carboxylic acid groups (broad SMARTS) is 1. The summed E-state index contributed by atoms with van der Waals surface area (Å²) in [6.45, 7) is 5.33. The van der Waals surface area contributed by atoms with Crippen LogP contribution in [0.3, 0.4) is 0 Å². The Bertz CT molecular complexity index is 928. The van der Waals surface area contributed by atoms with E-state index >= 15 is 0 Å². The van der Waals surface area contributed by atoms with Crippen molar-refractivity contribution in [1.29, 1.82) is 0 Å². The van der Waals surface area contributed by atoms with Gasteiger partial charge < -0.3 is 15.3 Å². The van der Waals surface area contributed by atoms with Gasteiger partial charge in [-0.05, 0) is 77.2 Å². The van der Waals surface area contributed by atoms with Gasteiger partial charge in [0.1, 0.15) is 10.5 Å². The second kappa shape index (κ2) is 10.2. The molecule has 0 spiro atoms. The Morgan fingerprint density at radius 3 is 2.34 bits per heavy atom. The van der Waals surface area contributed by atoms with Crippen molar-refractivity contribution in [2.24, 2.45) is 11.8 Å². The molecule has 1 aromatic rings. The molecule has 32 heavy (non-hydrogen) atoms. The van der Waals surface area contributed by atoms with Gasteiger partial charge in [-0.3, -0.25) is 9.69 Å². The number of carbonyl (C=O) groups is 2. The largest absolute Gasteiger partial charge is 0.477 e. The summed E-state index contributed by atoms with van der Waals surface area (Å²) in [5, 5.41) is 29.6. The normalized spacial score (nSPS) is 23.8. The van der Waals surface area contributed by atoms with Gasteiger partial charge in [0.25, 0.3) is 0 Å². The van der Waals surface area contributed by atoms with Crippen LogP contribution < -0.4 is 4.90 Å². The maximum Gasteiger partial charge on any atom is 0.348 e. The number of hydrogen-bond acceptors (Lipinski definition) is 5. The smallest absolute Gasteiger partial charge is 0.348 e. The van der Waals surface area contributed by atoms with Crippen molar-refractivity contribution in [3.05, 3.63) is 27.6 Å². The van der Waals surface area contributed by atoms with Crippen molar-refractivity contribution in [3.63, 3.8) is 0 Å². The molecule has 1 amide bonds. The number of hydrogen-bond donors (Lipinski definition) is 3. The van der Waals surface area contributed by atoms with Gasteiger partial charge >= 0.3 is 5.97 Å². The van der Waals surface area contributed by atoms with Crippen LogP contribution in [0.15, 0.2) is 17.8 Å². The Kier molecular flexibility index (Phi) is 7.81. The maximum absolute atomic E-state index is 13.6. The Morgan fingerprint density at radius 2 is 1.78 bits per heavy atom. The highest BCUT2D eigenvalue weighted by atomic mass is 32.1. The van der Waals surface area contributed by atoms with Gasteiger partial charge in [-0.15, -0.1) is 11.3 Å². The van der Waals surface area contributed by atoms with E-state index in [0.717, 1.165) is 42.6 Å². The van der Waals surface area contributed by atoms with Crippen molar-refractivity contribution in [1.82, 2.24) is 0 Å². The zero-order chi connectivity index (χ0) is 23.5. The number of thiophene rings is 1. The Morgan fingerprint density at radius 1 is 1.16 bits per heavy atom. The minimum absolute atomic E-state index is 0.0651. The number of amides is 1. The van der Waals surface area contributed by atoms with E-state index in [1.54, 1.807) is 26.1 Å². The number of anilines is 1. The first-order valence-electron chi connectivity index (χ1n) is 11.4. The molecule has 0 bridgehead atoms.